The van der Waals surface area contributed by atoms with Crippen molar-refractivity contribution in [1.82, 2.24) is 0 Å². The Bertz CT molecular complexity index is 1260. The van der Waals surface area contributed by atoms with Crippen LogP contribution in [0.3, 0.4) is 0 Å². The zero-order valence-corrected chi connectivity index (χ0v) is 19.3. The van der Waals surface area contributed by atoms with E-state index in [2.05, 4.69) is 10.6 Å². The fourth-order valence-electron chi connectivity index (χ4n) is 2.98. The van der Waals surface area contributed by atoms with Gasteiger partial charge in [0.1, 0.15) is 23.1 Å². The Hall–Kier alpha value is -4.28. The van der Waals surface area contributed by atoms with E-state index in [1.54, 1.807) is 48.5 Å². The van der Waals surface area contributed by atoms with E-state index in [-0.39, 0.29) is 23.8 Å². The van der Waals surface area contributed by atoms with Crippen LogP contribution in [0.15, 0.2) is 72.3 Å². The van der Waals surface area contributed by atoms with E-state index in [4.69, 9.17) is 21.1 Å². The minimum absolute atomic E-state index is 0.144. The third kappa shape index (κ3) is 6.86. The molecule has 3 aromatic carbocycles. The van der Waals surface area contributed by atoms with Gasteiger partial charge in [0, 0.05) is 28.0 Å². The number of hydrogen-bond donors (Lipinski definition) is 2. The number of methoxy groups -OCH3 is 1. The monoisotopic (exact) mass is 475 g/mol. The van der Waals surface area contributed by atoms with Crippen molar-refractivity contribution >= 4 is 40.9 Å². The predicted octanol–water partition coefficient (Wildman–Crippen LogP) is 5.22. The number of hydrogen-bond acceptors (Lipinski definition) is 5. The third-order valence-corrected chi connectivity index (χ3v) is 4.90. The minimum atomic E-state index is -0.594. The lowest BCUT2D eigenvalue weighted by atomic mass is 10.1. The van der Waals surface area contributed by atoms with Crippen LogP contribution < -0.4 is 20.1 Å². The fourth-order valence-corrected chi connectivity index (χ4v) is 3.11. The standard InChI is InChI=1S/C26H22ClN3O4/c1-17-4-3-5-22(12-17)29-25(31)16-34-24-14-23(33-2)11-6-18(24)13-19(15-28)26(32)30-21-9-7-20(27)8-10-21/h3-14H,16H2,1-2H3,(H,29,31)(H,30,32)/b19-13+. The molecule has 0 aliphatic carbocycles. The van der Waals surface area contributed by atoms with Crippen LogP contribution >= 0.6 is 11.6 Å². The number of benzene rings is 3. The number of nitrogens with one attached hydrogen (secondary N) is 2. The van der Waals surface area contributed by atoms with E-state index in [0.717, 1.165) is 5.56 Å². The molecule has 172 valence electrons. The van der Waals surface area contributed by atoms with Gasteiger partial charge in [-0.15, -0.1) is 0 Å². The Labute approximate surface area is 202 Å². The highest BCUT2D eigenvalue weighted by atomic mass is 35.5. The number of aryl methyl sites for hydroxylation is 1. The van der Waals surface area contributed by atoms with E-state index < -0.39 is 5.91 Å². The molecule has 0 radical (unpaired) electrons. The molecule has 2 amide bonds. The van der Waals surface area contributed by atoms with Crippen molar-refractivity contribution in [2.24, 2.45) is 0 Å². The second-order valence-corrected chi connectivity index (χ2v) is 7.68. The van der Waals surface area contributed by atoms with Crippen molar-refractivity contribution in [2.75, 3.05) is 24.4 Å². The third-order valence-electron chi connectivity index (χ3n) is 4.65. The van der Waals surface area contributed by atoms with E-state index in [1.165, 1.54) is 13.2 Å². The van der Waals surface area contributed by atoms with Gasteiger partial charge in [0.15, 0.2) is 6.61 Å². The van der Waals surface area contributed by atoms with Crippen molar-refractivity contribution in [3.8, 4) is 17.6 Å². The Balaban J connectivity index is 1.77. The number of ether oxygens (including phenoxy) is 2. The first-order valence-electron chi connectivity index (χ1n) is 10.2. The Morgan fingerprint density at radius 2 is 1.79 bits per heavy atom. The van der Waals surface area contributed by atoms with Crippen LogP contribution in [-0.2, 0) is 9.59 Å². The first kappa shape index (κ1) is 24.4. The topological polar surface area (TPSA) is 100 Å². The van der Waals surface area contributed by atoms with Crippen molar-refractivity contribution in [2.45, 2.75) is 6.92 Å². The SMILES string of the molecule is COc1ccc(/C=C(\C#N)C(=O)Nc2ccc(Cl)cc2)c(OCC(=O)Nc2cccc(C)c2)c1. The molecule has 34 heavy (non-hydrogen) atoms. The van der Waals surface area contributed by atoms with Gasteiger partial charge in [-0.05, 0) is 67.1 Å². The first-order chi connectivity index (χ1) is 16.4. The number of halogens is 1. The molecule has 0 spiro atoms. The van der Waals surface area contributed by atoms with Crippen LogP contribution in [0, 0.1) is 18.3 Å². The van der Waals surface area contributed by atoms with E-state index >= 15 is 0 Å². The van der Waals surface area contributed by atoms with Gasteiger partial charge in [-0.25, -0.2) is 0 Å². The quantitative estimate of drug-likeness (QED) is 0.343. The summed E-state index contributed by atoms with van der Waals surface area (Å²) in [5.74, 6) is -0.172. The lowest BCUT2D eigenvalue weighted by molar-refractivity contribution is -0.118. The van der Waals surface area contributed by atoms with E-state index in [1.807, 2.05) is 31.2 Å². The van der Waals surface area contributed by atoms with Crippen molar-refractivity contribution in [3.63, 3.8) is 0 Å². The van der Waals surface area contributed by atoms with Gasteiger partial charge in [0.2, 0.25) is 0 Å². The second kappa shape index (κ2) is 11.5. The lowest BCUT2D eigenvalue weighted by Crippen LogP contribution is -2.20. The van der Waals surface area contributed by atoms with Gasteiger partial charge in [-0.2, -0.15) is 5.26 Å². The number of amides is 2. The molecule has 7 nitrogen and oxygen atoms in total. The van der Waals surface area contributed by atoms with E-state index in [9.17, 15) is 14.9 Å². The lowest BCUT2D eigenvalue weighted by Gasteiger charge is -2.12. The van der Waals surface area contributed by atoms with Gasteiger partial charge >= 0.3 is 0 Å². The van der Waals surface area contributed by atoms with Crippen LogP contribution in [0.25, 0.3) is 6.08 Å². The van der Waals surface area contributed by atoms with Crippen molar-refractivity contribution < 1.29 is 19.1 Å². The summed E-state index contributed by atoms with van der Waals surface area (Å²) in [5.41, 5.74) is 2.46. The molecule has 0 aromatic heterocycles. The zero-order valence-electron chi connectivity index (χ0n) is 18.6. The summed E-state index contributed by atoms with van der Waals surface area (Å²) < 4.78 is 10.9. The number of rotatable bonds is 8. The van der Waals surface area contributed by atoms with Gasteiger partial charge in [-0.3, -0.25) is 9.59 Å². The molecule has 0 heterocycles. The predicted molar refractivity (Wildman–Crippen MR) is 132 cm³/mol. The van der Waals surface area contributed by atoms with Crippen LogP contribution in [0.2, 0.25) is 5.02 Å². The number of anilines is 2. The number of carbonyl (C=O) groups is 2. The summed E-state index contributed by atoms with van der Waals surface area (Å²) in [6.07, 6.45) is 1.39. The summed E-state index contributed by atoms with van der Waals surface area (Å²) in [7, 11) is 1.50. The maximum atomic E-state index is 12.6. The molecule has 0 atom stereocenters. The molecular formula is C26H22ClN3O4. The fraction of sp³-hybridized carbons (Fsp3) is 0.115. The summed E-state index contributed by atoms with van der Waals surface area (Å²) in [4.78, 5) is 25.0. The highest BCUT2D eigenvalue weighted by Crippen LogP contribution is 2.27. The Morgan fingerprint density at radius 3 is 2.47 bits per heavy atom. The minimum Gasteiger partial charge on any atom is -0.497 e. The molecule has 0 unspecified atom stereocenters. The molecular weight excluding hydrogens is 454 g/mol. The largest absolute Gasteiger partial charge is 0.497 e. The Morgan fingerprint density at radius 1 is 1.03 bits per heavy atom. The average Bonchev–Trinajstić information content (AvgIpc) is 2.83. The molecule has 3 aromatic rings. The normalized spacial score (nSPS) is 10.7. The summed E-state index contributed by atoms with van der Waals surface area (Å²) in [6, 6.07) is 20.7. The van der Waals surface area contributed by atoms with Crippen molar-refractivity contribution in [3.05, 3.63) is 88.5 Å². The smallest absolute Gasteiger partial charge is 0.266 e. The second-order valence-electron chi connectivity index (χ2n) is 7.24. The van der Waals surface area contributed by atoms with Crippen LogP contribution in [0.5, 0.6) is 11.5 Å². The molecule has 8 heteroatoms. The first-order valence-corrected chi connectivity index (χ1v) is 10.6. The molecule has 0 aliphatic heterocycles. The number of nitrogens with zero attached hydrogens (tertiary/aromatic N) is 1. The van der Waals surface area contributed by atoms with Gasteiger partial charge in [-0.1, -0.05) is 23.7 Å². The van der Waals surface area contributed by atoms with Gasteiger partial charge < -0.3 is 20.1 Å². The number of nitriles is 1. The highest BCUT2D eigenvalue weighted by Gasteiger charge is 2.13. The summed E-state index contributed by atoms with van der Waals surface area (Å²) in [6.45, 7) is 1.65. The maximum absolute atomic E-state index is 12.6. The molecule has 0 aliphatic rings. The van der Waals surface area contributed by atoms with Gasteiger partial charge in [0.25, 0.3) is 11.8 Å². The van der Waals surface area contributed by atoms with Crippen LogP contribution in [0.4, 0.5) is 11.4 Å². The maximum Gasteiger partial charge on any atom is 0.266 e. The summed E-state index contributed by atoms with van der Waals surface area (Å²) in [5, 5.41) is 15.5. The Kier molecular flexibility index (Phi) is 8.27. The molecule has 0 fully saturated rings. The highest BCUT2D eigenvalue weighted by molar-refractivity contribution is 6.30. The van der Waals surface area contributed by atoms with Crippen LogP contribution in [-0.4, -0.2) is 25.5 Å². The molecule has 0 saturated heterocycles. The van der Waals surface area contributed by atoms with Crippen LogP contribution in [0.1, 0.15) is 11.1 Å². The summed E-state index contributed by atoms with van der Waals surface area (Å²) >= 11 is 5.86. The average molecular weight is 476 g/mol. The number of carbonyl (C=O) groups excluding carboxylic acids is 2. The van der Waals surface area contributed by atoms with E-state index in [0.29, 0.717) is 27.7 Å². The molecule has 3 rings (SSSR count). The molecule has 0 saturated carbocycles. The molecule has 0 bridgehead atoms. The zero-order chi connectivity index (χ0) is 24.5. The molecule has 2 N–H and O–H groups in total. The van der Waals surface area contributed by atoms with Gasteiger partial charge in [0.05, 0.1) is 7.11 Å². The van der Waals surface area contributed by atoms with Crippen molar-refractivity contribution in [1.29, 1.82) is 5.26 Å².